The molecule has 116 valence electrons. The normalized spacial score (nSPS) is 10.3. The van der Waals surface area contributed by atoms with E-state index in [2.05, 4.69) is 19.7 Å². The van der Waals surface area contributed by atoms with Crippen LogP contribution in [-0.2, 0) is 30.4 Å². The van der Waals surface area contributed by atoms with Crippen LogP contribution in [0.1, 0.15) is 0 Å². The molecule has 0 heterocycles. The van der Waals surface area contributed by atoms with Crippen LogP contribution in [0.15, 0.2) is 36.0 Å². The Morgan fingerprint density at radius 2 is 0.632 bits per heavy atom. The smallest absolute Gasteiger partial charge is 0.745 e. The predicted molar refractivity (Wildman–Crippen MR) is 59.7 cm³/mol. The van der Waals surface area contributed by atoms with Gasteiger partial charge >= 0.3 is 37.7 Å². The van der Waals surface area contributed by atoms with Crippen molar-refractivity contribution in [1.82, 2.24) is 0 Å². The fourth-order valence-electron chi connectivity index (χ4n) is 0. The second-order valence-electron chi connectivity index (χ2n) is 1.98. The molecular formula is C6H9HoO9S3. The molecule has 0 aromatic carbocycles. The van der Waals surface area contributed by atoms with E-state index >= 15 is 0 Å². The van der Waals surface area contributed by atoms with Crippen LogP contribution in [0.5, 0.6) is 0 Å². The summed E-state index contributed by atoms with van der Waals surface area (Å²) < 4.78 is 83.9. The van der Waals surface area contributed by atoms with E-state index in [-0.39, 0.29) is 37.7 Å². The van der Waals surface area contributed by atoms with Gasteiger partial charge < -0.3 is 13.7 Å². The largest absolute Gasteiger partial charge is 3.00 e. The standard InChI is InChI=1S/3C2H4O3S.Ho/c3*1-2-6(3,4)5;/h3*2H,1H2,(H,3,4,5);/q;;;+3/p-3. The van der Waals surface area contributed by atoms with E-state index in [0.29, 0.717) is 16.2 Å². The first kappa shape index (κ1) is 27.5. The van der Waals surface area contributed by atoms with E-state index in [1.54, 1.807) is 0 Å². The minimum atomic E-state index is -4.15. The third-order valence-electron chi connectivity index (χ3n) is 0.612. The van der Waals surface area contributed by atoms with E-state index in [1.165, 1.54) is 0 Å². The summed E-state index contributed by atoms with van der Waals surface area (Å²) in [4.78, 5) is 0. The van der Waals surface area contributed by atoms with E-state index in [1.807, 2.05) is 0 Å². The topological polar surface area (TPSA) is 172 Å². The number of hydrogen-bond donors (Lipinski definition) is 0. The molecule has 9 nitrogen and oxygen atoms in total. The maximum Gasteiger partial charge on any atom is 3.00 e. The van der Waals surface area contributed by atoms with Gasteiger partial charge in [0.1, 0.15) is 30.4 Å². The van der Waals surface area contributed by atoms with Crippen molar-refractivity contribution in [2.24, 2.45) is 0 Å². The first-order chi connectivity index (χ1) is 7.68. The molecule has 0 saturated carbocycles. The van der Waals surface area contributed by atoms with Gasteiger partial charge in [-0.05, 0) is 0 Å². The van der Waals surface area contributed by atoms with Crippen LogP contribution < -0.4 is 0 Å². The Bertz CT molecular complexity index is 449. The quantitative estimate of drug-likeness (QED) is 0.359. The molecule has 0 rings (SSSR count). The molecule has 0 aromatic heterocycles. The van der Waals surface area contributed by atoms with Crippen LogP contribution in [0.3, 0.4) is 0 Å². The van der Waals surface area contributed by atoms with E-state index in [4.69, 9.17) is 0 Å². The van der Waals surface area contributed by atoms with Gasteiger partial charge in [-0.2, -0.15) is 0 Å². The van der Waals surface area contributed by atoms with Gasteiger partial charge in [-0.15, -0.1) is 0 Å². The molecule has 0 aliphatic carbocycles. The van der Waals surface area contributed by atoms with Gasteiger partial charge in [-0.3, -0.25) is 0 Å². The Balaban J connectivity index is -0.0000000865. The van der Waals surface area contributed by atoms with Crippen LogP contribution in [0.2, 0.25) is 0 Å². The van der Waals surface area contributed by atoms with Crippen molar-refractivity contribution in [3.8, 4) is 0 Å². The van der Waals surface area contributed by atoms with E-state index < -0.39 is 30.4 Å². The molecular weight excluding hydrogens is 477 g/mol. The maximum absolute atomic E-state index is 9.33. The fraction of sp³-hybridized carbons (Fsp3) is 0. The van der Waals surface area contributed by atoms with Crippen molar-refractivity contribution < 1.29 is 76.6 Å². The predicted octanol–water partition coefficient (Wildman–Crippen LogP) is -0.975. The van der Waals surface area contributed by atoms with Crippen LogP contribution in [0.4, 0.5) is 0 Å². The van der Waals surface area contributed by atoms with Gasteiger partial charge in [0.25, 0.3) is 0 Å². The van der Waals surface area contributed by atoms with Crippen molar-refractivity contribution in [3.63, 3.8) is 0 Å². The molecule has 0 aromatic rings. The second kappa shape index (κ2) is 12.0. The first-order valence-corrected chi connectivity index (χ1v) is 7.85. The zero-order valence-electron chi connectivity index (χ0n) is 9.05. The summed E-state index contributed by atoms with van der Waals surface area (Å²) in [5, 5.41) is 1.06. The summed E-state index contributed by atoms with van der Waals surface area (Å²) in [6, 6.07) is 0. The minimum absolute atomic E-state index is 0. The Morgan fingerprint density at radius 3 is 0.632 bits per heavy atom. The Kier molecular flexibility index (Phi) is 17.4. The zero-order chi connectivity index (χ0) is 15.6. The average Bonchev–Trinajstić information content (AvgIpc) is 2.16. The molecule has 0 fully saturated rings. The van der Waals surface area contributed by atoms with Crippen molar-refractivity contribution in [2.75, 3.05) is 0 Å². The first-order valence-electron chi connectivity index (χ1n) is 3.43. The molecule has 19 heavy (non-hydrogen) atoms. The van der Waals surface area contributed by atoms with Crippen molar-refractivity contribution in [3.05, 3.63) is 36.0 Å². The van der Waals surface area contributed by atoms with E-state index in [9.17, 15) is 38.9 Å². The number of rotatable bonds is 3. The zero-order valence-corrected chi connectivity index (χ0v) is 13.4. The number of hydrogen-bond acceptors (Lipinski definition) is 9. The summed E-state index contributed by atoms with van der Waals surface area (Å²) in [5.74, 6) is 0. The second-order valence-corrected chi connectivity index (χ2v) is 5.94. The van der Waals surface area contributed by atoms with Crippen LogP contribution in [-0.4, -0.2) is 38.9 Å². The Labute approximate surface area is 142 Å². The molecule has 0 atom stereocenters. The summed E-state index contributed by atoms with van der Waals surface area (Å²) in [6.45, 7) is 8.19. The molecule has 0 aliphatic heterocycles. The maximum atomic E-state index is 9.33. The van der Waals surface area contributed by atoms with Gasteiger partial charge in [0.15, 0.2) is 0 Å². The van der Waals surface area contributed by atoms with E-state index in [0.717, 1.165) is 0 Å². The molecule has 0 spiro atoms. The molecule has 0 aliphatic rings. The van der Waals surface area contributed by atoms with Gasteiger partial charge in [0.05, 0.1) is 0 Å². The molecule has 0 bridgehead atoms. The van der Waals surface area contributed by atoms with Crippen molar-refractivity contribution in [2.45, 2.75) is 0 Å². The van der Waals surface area contributed by atoms with Crippen molar-refractivity contribution >= 4 is 30.4 Å². The summed E-state index contributed by atoms with van der Waals surface area (Å²) in [6.07, 6.45) is 0. The molecule has 0 saturated heterocycles. The van der Waals surface area contributed by atoms with Crippen LogP contribution in [0, 0.1) is 37.7 Å². The fourth-order valence-corrected chi connectivity index (χ4v) is 0. The molecule has 0 N–H and O–H groups in total. The monoisotopic (exact) mass is 486 g/mol. The Morgan fingerprint density at radius 1 is 0.579 bits per heavy atom. The van der Waals surface area contributed by atoms with Gasteiger partial charge in [0.2, 0.25) is 0 Å². The van der Waals surface area contributed by atoms with Crippen molar-refractivity contribution in [1.29, 1.82) is 0 Å². The van der Waals surface area contributed by atoms with Crippen LogP contribution in [0.25, 0.3) is 0 Å². The SMILES string of the molecule is C=CS(=O)(=O)[O-].C=CS(=O)(=O)[O-].C=CS(=O)(=O)[O-].[Ho+3]. The minimum Gasteiger partial charge on any atom is -0.745 e. The molecule has 13 heteroatoms. The van der Waals surface area contributed by atoms with Gasteiger partial charge in [-0.25, -0.2) is 25.3 Å². The Hall–Kier alpha value is 0.210. The molecule has 0 unspecified atom stereocenters. The summed E-state index contributed by atoms with van der Waals surface area (Å²) >= 11 is 0. The summed E-state index contributed by atoms with van der Waals surface area (Å²) in [7, 11) is -12.4. The summed E-state index contributed by atoms with van der Waals surface area (Å²) in [5.41, 5.74) is 0. The van der Waals surface area contributed by atoms with Crippen LogP contribution >= 0.6 is 0 Å². The average molecular weight is 486 g/mol. The third kappa shape index (κ3) is 56.4. The third-order valence-corrected chi connectivity index (χ3v) is 1.84. The molecule has 0 amide bonds. The molecule has 0 radical (unpaired) electrons. The van der Waals surface area contributed by atoms with Gasteiger partial charge in [0, 0.05) is 16.2 Å². The van der Waals surface area contributed by atoms with Gasteiger partial charge in [-0.1, -0.05) is 19.7 Å².